The first kappa shape index (κ1) is 31.9. The largest absolute Gasteiger partial charge is 0.573 e. The van der Waals surface area contributed by atoms with Crippen LogP contribution in [0, 0.1) is 15.9 Å². The second-order valence-corrected chi connectivity index (χ2v) is 11.2. The highest BCUT2D eigenvalue weighted by Crippen LogP contribution is 2.25. The van der Waals surface area contributed by atoms with Gasteiger partial charge in [-0.3, -0.25) is 24.5 Å². The number of nitrogens with zero attached hydrogens (tertiary/aromatic N) is 2. The van der Waals surface area contributed by atoms with Crippen molar-refractivity contribution in [1.82, 2.24) is 9.62 Å². The molecule has 0 saturated carbocycles. The van der Waals surface area contributed by atoms with E-state index in [1.54, 1.807) is 17.8 Å². The summed E-state index contributed by atoms with van der Waals surface area (Å²) in [6.45, 7) is 1.55. The normalized spacial score (nSPS) is 11.4. The van der Waals surface area contributed by atoms with E-state index in [4.69, 9.17) is 0 Å². The van der Waals surface area contributed by atoms with E-state index in [1.807, 2.05) is 54.6 Å². The van der Waals surface area contributed by atoms with E-state index < -0.39 is 34.4 Å². The van der Waals surface area contributed by atoms with Gasteiger partial charge in [-0.2, -0.15) is 4.39 Å². The molecule has 43 heavy (non-hydrogen) atoms. The number of alkyl halides is 3. The molecule has 0 aliphatic rings. The number of carbonyl (C=O) groups excluding carboxylic acids is 1. The van der Waals surface area contributed by atoms with E-state index in [0.29, 0.717) is 25.2 Å². The van der Waals surface area contributed by atoms with Crippen molar-refractivity contribution in [2.45, 2.75) is 29.2 Å². The molecule has 0 heterocycles. The molecule has 13 heteroatoms. The summed E-state index contributed by atoms with van der Waals surface area (Å²) < 4.78 is 57.4. The maximum absolute atomic E-state index is 13.9. The molecule has 7 nitrogen and oxygen atoms in total. The monoisotopic (exact) mass is 631 g/mol. The van der Waals surface area contributed by atoms with Crippen LogP contribution >= 0.6 is 23.7 Å². The molecule has 4 aromatic rings. The fourth-order valence-electron chi connectivity index (χ4n) is 3.97. The number of amides is 1. The zero-order valence-corrected chi connectivity index (χ0v) is 24.1. The molecule has 0 fully saturated rings. The van der Waals surface area contributed by atoms with Gasteiger partial charge in [0.15, 0.2) is 0 Å². The van der Waals surface area contributed by atoms with Crippen LogP contribution < -0.4 is 9.46 Å². The summed E-state index contributed by atoms with van der Waals surface area (Å²) >= 11 is 2.74. The molecule has 0 atom stereocenters. The Hall–Kier alpha value is -4.07. The molecule has 0 aliphatic heterocycles. The second kappa shape index (κ2) is 14.9. The maximum Gasteiger partial charge on any atom is 0.573 e. The summed E-state index contributed by atoms with van der Waals surface area (Å²) in [5.41, 5.74) is 1.18. The number of ether oxygens (including phenoxy) is 1. The molecule has 0 aromatic heterocycles. The zero-order chi connectivity index (χ0) is 30.8. The molecule has 0 radical (unpaired) electrons. The minimum absolute atomic E-state index is 0.170. The lowest BCUT2D eigenvalue weighted by atomic mass is 10.1. The lowest BCUT2D eigenvalue weighted by molar-refractivity contribution is -0.387. The van der Waals surface area contributed by atoms with E-state index in [1.165, 1.54) is 18.2 Å². The molecule has 4 rings (SSSR count). The highest BCUT2D eigenvalue weighted by atomic mass is 32.2. The molecule has 0 spiro atoms. The predicted octanol–water partition coefficient (Wildman–Crippen LogP) is 7.86. The van der Waals surface area contributed by atoms with Crippen molar-refractivity contribution >= 4 is 35.3 Å². The van der Waals surface area contributed by atoms with Crippen molar-refractivity contribution in [2.75, 3.05) is 12.3 Å². The van der Waals surface area contributed by atoms with Crippen molar-refractivity contribution in [3.8, 4) is 5.75 Å². The average molecular weight is 632 g/mol. The third kappa shape index (κ3) is 10.3. The van der Waals surface area contributed by atoms with E-state index in [2.05, 4.69) is 14.4 Å². The number of thioether (sulfide) groups is 1. The zero-order valence-electron chi connectivity index (χ0n) is 22.4. The second-order valence-electron chi connectivity index (χ2n) is 9.16. The quantitative estimate of drug-likeness (QED) is 0.0529. The summed E-state index contributed by atoms with van der Waals surface area (Å²) in [4.78, 5) is 26.9. The van der Waals surface area contributed by atoms with Crippen LogP contribution in [0.4, 0.5) is 23.2 Å². The highest BCUT2D eigenvalue weighted by Gasteiger charge is 2.31. The molecule has 4 aromatic carbocycles. The highest BCUT2D eigenvalue weighted by molar-refractivity contribution is 7.99. The molecule has 0 bridgehead atoms. The smallest absolute Gasteiger partial charge is 0.406 e. The molecule has 0 unspecified atom stereocenters. The van der Waals surface area contributed by atoms with E-state index in [9.17, 15) is 32.5 Å². The lowest BCUT2D eigenvalue weighted by Gasteiger charge is -2.22. The number of nitro groups is 1. The van der Waals surface area contributed by atoms with Gasteiger partial charge in [-0.05, 0) is 77.7 Å². The van der Waals surface area contributed by atoms with Crippen LogP contribution in [0.15, 0.2) is 107 Å². The summed E-state index contributed by atoms with van der Waals surface area (Å²) in [6.07, 6.45) is -4.81. The number of carbonyl (C=O) groups is 1. The van der Waals surface area contributed by atoms with Crippen LogP contribution in [0.3, 0.4) is 0 Å². The maximum atomic E-state index is 13.9. The van der Waals surface area contributed by atoms with Gasteiger partial charge in [-0.1, -0.05) is 36.4 Å². The third-order valence-electron chi connectivity index (χ3n) is 5.97. The summed E-state index contributed by atoms with van der Waals surface area (Å²) in [5.74, 6) is -1.02. The van der Waals surface area contributed by atoms with Gasteiger partial charge in [-0.25, -0.2) is 0 Å². The third-order valence-corrected chi connectivity index (χ3v) is 7.76. The van der Waals surface area contributed by atoms with Crippen LogP contribution in [0.1, 0.15) is 21.5 Å². The molecule has 0 aliphatic carbocycles. The van der Waals surface area contributed by atoms with Crippen molar-refractivity contribution in [1.29, 1.82) is 0 Å². The predicted molar refractivity (Wildman–Crippen MR) is 157 cm³/mol. The Bertz CT molecular complexity index is 1520. The summed E-state index contributed by atoms with van der Waals surface area (Å²) in [7, 11) is 0. The minimum atomic E-state index is -4.81. The molecule has 0 saturated heterocycles. The summed E-state index contributed by atoms with van der Waals surface area (Å²) in [6, 6.07) is 25.8. The van der Waals surface area contributed by atoms with Gasteiger partial charge in [0.2, 0.25) is 5.82 Å². The van der Waals surface area contributed by atoms with Gasteiger partial charge in [0.05, 0.1) is 4.92 Å². The van der Waals surface area contributed by atoms with Crippen LogP contribution in [0.5, 0.6) is 5.75 Å². The van der Waals surface area contributed by atoms with Gasteiger partial charge in [0.1, 0.15) is 5.75 Å². The fraction of sp³-hybridized carbons (Fsp3) is 0.167. The van der Waals surface area contributed by atoms with Gasteiger partial charge in [0, 0.05) is 46.8 Å². The SMILES string of the molecule is O=C(NSc1ccc(CN(CCSc2ccccc2)Cc2ccc(F)c([N+](=O)[O-])c2)cc1)c1ccc(OC(F)(F)F)cc1. The number of nitrogens with one attached hydrogen (secondary N) is 1. The number of nitro benzene ring substituents is 1. The fourth-order valence-corrected chi connectivity index (χ4v) is 5.51. The first-order valence-corrected chi connectivity index (χ1v) is 14.6. The Balaban J connectivity index is 1.36. The van der Waals surface area contributed by atoms with Gasteiger partial charge in [-0.15, -0.1) is 24.9 Å². The number of rotatable bonds is 13. The van der Waals surface area contributed by atoms with E-state index >= 15 is 0 Å². The first-order valence-electron chi connectivity index (χ1n) is 12.8. The Morgan fingerprint density at radius 3 is 2.19 bits per heavy atom. The van der Waals surface area contributed by atoms with Crippen molar-refractivity contribution in [3.05, 3.63) is 130 Å². The molecular weight excluding hydrogens is 606 g/mol. The van der Waals surface area contributed by atoms with Gasteiger partial charge >= 0.3 is 12.0 Å². The van der Waals surface area contributed by atoms with Gasteiger partial charge < -0.3 is 4.74 Å². The van der Waals surface area contributed by atoms with Gasteiger partial charge in [0.25, 0.3) is 5.91 Å². The van der Waals surface area contributed by atoms with Crippen LogP contribution in [0.25, 0.3) is 0 Å². The van der Waals surface area contributed by atoms with Crippen LogP contribution in [-0.4, -0.2) is 34.4 Å². The molecule has 1 N–H and O–H groups in total. The average Bonchev–Trinajstić information content (AvgIpc) is 2.97. The Morgan fingerprint density at radius 2 is 1.53 bits per heavy atom. The standard InChI is InChI=1S/C30H25F4N3O4S2/c31-27-15-8-22(18-28(27)37(39)40)20-36(16-17-42-25-4-2-1-3-5-25)19-21-6-13-26(14-7-21)43-35-29(38)23-9-11-24(12-10-23)41-30(32,33)34/h1-15,18H,16-17,19-20H2,(H,35,38). The van der Waals surface area contributed by atoms with Crippen molar-refractivity contribution in [2.24, 2.45) is 0 Å². The van der Waals surface area contributed by atoms with E-state index in [-0.39, 0.29) is 5.56 Å². The summed E-state index contributed by atoms with van der Waals surface area (Å²) in [5, 5.41) is 11.2. The number of benzene rings is 4. The lowest BCUT2D eigenvalue weighted by Crippen LogP contribution is -2.25. The number of hydrogen-bond acceptors (Lipinski definition) is 7. The van der Waals surface area contributed by atoms with Crippen LogP contribution in [-0.2, 0) is 13.1 Å². The van der Waals surface area contributed by atoms with Crippen molar-refractivity contribution in [3.63, 3.8) is 0 Å². The topological polar surface area (TPSA) is 84.7 Å². The Kier molecular flexibility index (Phi) is 11.0. The molecule has 224 valence electrons. The Labute approximate surface area is 253 Å². The molecular formula is C30H25F4N3O4S2. The Morgan fingerprint density at radius 1 is 0.884 bits per heavy atom. The van der Waals surface area contributed by atoms with E-state index in [0.717, 1.165) is 51.3 Å². The minimum Gasteiger partial charge on any atom is -0.406 e. The molecule has 1 amide bonds. The first-order chi connectivity index (χ1) is 20.6. The number of halogens is 4. The number of hydrogen-bond donors (Lipinski definition) is 1. The van der Waals surface area contributed by atoms with Crippen LogP contribution in [0.2, 0.25) is 0 Å². The van der Waals surface area contributed by atoms with Crippen molar-refractivity contribution < 1.29 is 32.0 Å².